The lowest BCUT2D eigenvalue weighted by Gasteiger charge is -2.35. The Hall–Kier alpha value is -7.06. The molecule has 0 spiro atoms. The summed E-state index contributed by atoms with van der Waals surface area (Å²) in [5.74, 6) is -8.71. The first-order valence-corrected chi connectivity index (χ1v) is 25.2. The van der Waals surface area contributed by atoms with E-state index in [9.17, 15) is 47.9 Å². The predicted molar refractivity (Wildman–Crippen MR) is 283 cm³/mol. The van der Waals surface area contributed by atoms with Crippen LogP contribution in [0.2, 0.25) is 0 Å². The van der Waals surface area contributed by atoms with E-state index in [0.29, 0.717) is 5.56 Å². The van der Waals surface area contributed by atoms with Crippen molar-refractivity contribution in [3.63, 3.8) is 0 Å². The number of nitrogens with one attached hydrogen (secondary N) is 4. The molecule has 0 aromatic heterocycles. The van der Waals surface area contributed by atoms with Crippen LogP contribution in [0.25, 0.3) is 0 Å². The Kier molecular flexibility index (Phi) is 22.6. The smallest absolute Gasteiger partial charge is 0.407 e. The highest BCUT2D eigenvalue weighted by molar-refractivity contribution is 6.04. The van der Waals surface area contributed by atoms with Crippen molar-refractivity contribution >= 4 is 65.3 Å². The number of rotatable bonds is 21. The Labute approximate surface area is 452 Å². The number of benzene rings is 2. The maximum Gasteiger partial charge on any atom is 0.407 e. The van der Waals surface area contributed by atoms with Crippen LogP contribution in [0, 0.1) is 0 Å². The molecule has 0 atom stereocenters. The van der Waals surface area contributed by atoms with Crippen LogP contribution >= 0.6 is 0 Å². The highest BCUT2D eigenvalue weighted by atomic mass is 16.6. The highest BCUT2D eigenvalue weighted by Gasteiger charge is 2.45. The third-order valence-corrected chi connectivity index (χ3v) is 9.52. The topological polar surface area (TPSA) is 283 Å². The molecule has 0 radical (unpaired) electrons. The quantitative estimate of drug-likeness (QED) is 0.0683. The molecule has 0 aliphatic carbocycles. The second-order valence-corrected chi connectivity index (χ2v) is 24.8. The van der Waals surface area contributed by atoms with Crippen molar-refractivity contribution in [2.45, 2.75) is 214 Å². The van der Waals surface area contributed by atoms with Gasteiger partial charge in [0.1, 0.15) is 46.8 Å². The summed E-state index contributed by atoms with van der Waals surface area (Å²) < 4.78 is 38.9. The van der Waals surface area contributed by atoms with E-state index < -0.39 is 161 Å². The maximum absolute atomic E-state index is 14.9. The predicted octanol–water partition coefficient (Wildman–Crippen LogP) is 7.88. The summed E-state index contributed by atoms with van der Waals surface area (Å²) in [6.45, 7) is 27.8. The second-order valence-electron chi connectivity index (χ2n) is 24.8. The van der Waals surface area contributed by atoms with Gasteiger partial charge in [0.25, 0.3) is 11.8 Å². The largest absolute Gasteiger partial charge is 0.460 e. The Morgan fingerprint density at radius 3 is 0.961 bits per heavy atom. The van der Waals surface area contributed by atoms with Gasteiger partial charge >= 0.3 is 41.9 Å². The summed E-state index contributed by atoms with van der Waals surface area (Å²) >= 11 is 0. The number of anilines is 1. The second kappa shape index (κ2) is 26.3. The van der Waals surface area contributed by atoms with Crippen LogP contribution in [-0.4, -0.2) is 111 Å². The molecule has 77 heavy (non-hydrogen) atoms. The van der Waals surface area contributed by atoms with Gasteiger partial charge in [-0.15, -0.1) is 0 Å². The summed E-state index contributed by atoms with van der Waals surface area (Å²) in [6, 6.07) is 12.0. The van der Waals surface area contributed by atoms with Gasteiger partial charge in [0, 0.05) is 16.8 Å². The minimum absolute atomic E-state index is 0.113. The van der Waals surface area contributed by atoms with Crippen molar-refractivity contribution in [3.05, 3.63) is 65.2 Å². The van der Waals surface area contributed by atoms with E-state index in [4.69, 9.17) is 33.2 Å². The fourth-order valence-corrected chi connectivity index (χ4v) is 7.28. The van der Waals surface area contributed by atoms with Gasteiger partial charge in [0.2, 0.25) is 5.91 Å². The molecule has 4 amide bonds. The zero-order chi connectivity index (χ0) is 59.2. The molecule has 2 aromatic carbocycles. The fraction of sp³-hybridized carbons (Fsp3) is 0.607. The molecule has 0 unspecified atom stereocenters. The van der Waals surface area contributed by atoms with Crippen LogP contribution in [0.5, 0.6) is 0 Å². The summed E-state index contributed by atoms with van der Waals surface area (Å²) in [5.41, 5.74) is -11.1. The minimum atomic E-state index is -2.14. The number of hydrogen-bond donors (Lipinski definition) is 4. The molecule has 4 N–H and O–H groups in total. The van der Waals surface area contributed by atoms with Crippen LogP contribution in [0.3, 0.4) is 0 Å². The average Bonchev–Trinajstić information content (AvgIpc) is 3.17. The van der Waals surface area contributed by atoms with E-state index in [1.165, 1.54) is 0 Å². The molecular weight excluding hydrogens is 1000 g/mol. The number of hydrogen-bond acceptors (Lipinski definition) is 17. The Balaban J connectivity index is 2.97. The Bertz CT molecular complexity index is 2180. The number of alkyl carbamates (subject to hydrolysis) is 1. The van der Waals surface area contributed by atoms with Crippen LogP contribution in [0.4, 0.5) is 10.5 Å². The third-order valence-electron chi connectivity index (χ3n) is 9.52. The monoisotopic (exact) mass is 1080 g/mol. The number of ether oxygens (including phenoxy) is 7. The lowest BCUT2D eigenvalue weighted by atomic mass is 9.86. The van der Waals surface area contributed by atoms with Crippen molar-refractivity contribution in [2.75, 3.05) is 11.9 Å². The van der Waals surface area contributed by atoms with Gasteiger partial charge in [-0.25, -0.2) is 4.79 Å². The van der Waals surface area contributed by atoms with Gasteiger partial charge in [-0.05, 0) is 148 Å². The van der Waals surface area contributed by atoms with E-state index in [2.05, 4.69) is 21.3 Å². The Morgan fingerprint density at radius 2 is 0.688 bits per heavy atom. The normalized spacial score (nSPS) is 12.4. The first-order chi connectivity index (χ1) is 34.8. The van der Waals surface area contributed by atoms with Crippen molar-refractivity contribution in [1.29, 1.82) is 0 Å². The molecule has 21 nitrogen and oxygen atoms in total. The molecule has 0 saturated carbocycles. The average molecular weight is 1080 g/mol. The molecule has 21 heteroatoms. The molecular formula is C56H82N4O17. The van der Waals surface area contributed by atoms with Crippen LogP contribution in [0.15, 0.2) is 48.5 Å². The van der Waals surface area contributed by atoms with Gasteiger partial charge in [0.05, 0.1) is 49.6 Å². The van der Waals surface area contributed by atoms with Crippen LogP contribution < -0.4 is 21.3 Å². The number of amides is 4. The van der Waals surface area contributed by atoms with Crippen molar-refractivity contribution in [3.8, 4) is 0 Å². The summed E-state index contributed by atoms with van der Waals surface area (Å²) in [4.78, 5) is 138. The fourth-order valence-electron chi connectivity index (χ4n) is 7.28. The summed E-state index contributed by atoms with van der Waals surface area (Å²) in [5, 5.41) is 10.2. The zero-order valence-corrected chi connectivity index (χ0v) is 48.2. The van der Waals surface area contributed by atoms with Gasteiger partial charge in [0.15, 0.2) is 0 Å². The van der Waals surface area contributed by atoms with Crippen LogP contribution in [-0.2, 0) is 73.3 Å². The lowest BCUT2D eigenvalue weighted by Crippen LogP contribution is -2.54. The molecule has 0 aliphatic heterocycles. The van der Waals surface area contributed by atoms with Gasteiger partial charge < -0.3 is 54.4 Å². The molecule has 0 aliphatic rings. The minimum Gasteiger partial charge on any atom is -0.460 e. The molecule has 0 heterocycles. The SMILES string of the molecule is CC(C)(C)OC(=O)CC(CC(=O)OC(C)(C)C)(CC(=O)OC(C)(C)C)NC(=O)c1cc(NC(=O)CNC(=O)OCc2ccccc2)cc(C(=O)NC(CC(=O)OC(C)(C)C)(CC(=O)OC(C)(C)C)CC(=O)OC(C)(C)C)c1. The number of carbonyl (C=O) groups is 10. The highest BCUT2D eigenvalue weighted by Crippen LogP contribution is 2.31. The summed E-state index contributed by atoms with van der Waals surface area (Å²) in [6.07, 6.45) is -5.66. The van der Waals surface area contributed by atoms with E-state index in [1.807, 2.05) is 0 Å². The lowest BCUT2D eigenvalue weighted by molar-refractivity contribution is -0.166. The maximum atomic E-state index is 14.9. The number of carbonyl (C=O) groups excluding carboxylic acids is 10. The molecule has 0 saturated heterocycles. The van der Waals surface area contributed by atoms with Gasteiger partial charge in [-0.1, -0.05) is 30.3 Å². The van der Waals surface area contributed by atoms with E-state index in [-0.39, 0.29) is 12.3 Å². The van der Waals surface area contributed by atoms with Gasteiger partial charge in [-0.2, -0.15) is 0 Å². The molecule has 2 aromatic rings. The van der Waals surface area contributed by atoms with E-state index in [0.717, 1.165) is 18.2 Å². The first-order valence-electron chi connectivity index (χ1n) is 25.2. The zero-order valence-electron chi connectivity index (χ0n) is 48.2. The molecule has 2 rings (SSSR count). The number of esters is 6. The first kappa shape index (κ1) is 66.1. The molecule has 428 valence electrons. The van der Waals surface area contributed by atoms with Gasteiger partial charge in [-0.3, -0.25) is 43.2 Å². The van der Waals surface area contributed by atoms with E-state index in [1.54, 1.807) is 155 Å². The Morgan fingerprint density at radius 1 is 0.403 bits per heavy atom. The van der Waals surface area contributed by atoms with E-state index >= 15 is 0 Å². The molecule has 0 fully saturated rings. The van der Waals surface area contributed by atoms with Crippen molar-refractivity contribution in [2.24, 2.45) is 0 Å². The van der Waals surface area contributed by atoms with Crippen LogP contribution in [0.1, 0.15) is 189 Å². The standard InChI is InChI=1S/C56H82N4O17/c1-49(2,3)72-40(62)27-55(28-41(63)73-50(4,5)6,29-42(64)74-51(7,8)9)59-46(68)36-24-37(26-38(25-36)58-39(61)33-57-48(70)71-34-35-22-20-19-21-23-35)47(69)60-56(30-43(65)75-52(10,11)12,31-44(66)76-53(13,14)15)32-45(67)77-54(16,17)18/h19-26H,27-34H2,1-18H3,(H,57,70)(H,58,61)(H,59,68)(H,60,69). The summed E-state index contributed by atoms with van der Waals surface area (Å²) in [7, 11) is 0. The molecule has 0 bridgehead atoms. The van der Waals surface area contributed by atoms with Crippen molar-refractivity contribution < 1.29 is 81.1 Å². The van der Waals surface area contributed by atoms with Crippen molar-refractivity contribution in [1.82, 2.24) is 16.0 Å². The third kappa shape index (κ3) is 28.1.